The Morgan fingerprint density at radius 3 is 2.63 bits per heavy atom. The van der Waals surface area contributed by atoms with E-state index >= 15 is 0 Å². The third kappa shape index (κ3) is 2.16. The minimum absolute atomic E-state index is 0.0228. The second kappa shape index (κ2) is 4.57. The van der Waals surface area contributed by atoms with E-state index in [1.807, 2.05) is 25.9 Å². The van der Waals surface area contributed by atoms with Crippen LogP contribution in [0.25, 0.3) is 0 Å². The van der Waals surface area contributed by atoms with Crippen molar-refractivity contribution < 1.29 is 19.1 Å². The smallest absolute Gasteiger partial charge is 0.372 e. The molecule has 1 aromatic heterocycles. The van der Waals surface area contributed by atoms with Gasteiger partial charge in [0, 0.05) is 37.9 Å². The van der Waals surface area contributed by atoms with Crippen LogP contribution in [0.2, 0.25) is 0 Å². The Hall–Kier alpha value is -2.04. The molecule has 1 atom stereocenters. The maximum Gasteiger partial charge on any atom is 0.372 e. The second-order valence-corrected chi connectivity index (χ2v) is 5.14. The van der Waals surface area contributed by atoms with E-state index in [0.29, 0.717) is 28.9 Å². The molecule has 19 heavy (non-hydrogen) atoms. The van der Waals surface area contributed by atoms with Gasteiger partial charge < -0.3 is 14.4 Å². The topological polar surface area (TPSA) is 70.7 Å². The van der Waals surface area contributed by atoms with Crippen LogP contribution in [-0.2, 0) is 6.42 Å². The first-order valence-corrected chi connectivity index (χ1v) is 6.11. The molecule has 0 amide bonds. The fourth-order valence-corrected chi connectivity index (χ4v) is 2.44. The molecular weight excluding hydrogens is 246 g/mol. The molecule has 0 spiro atoms. The normalized spacial score (nSPS) is 20.5. The Labute approximate surface area is 111 Å². The molecule has 5 nitrogen and oxygen atoms in total. The van der Waals surface area contributed by atoms with Crippen LogP contribution in [0.4, 0.5) is 0 Å². The molecule has 1 unspecified atom stereocenters. The van der Waals surface area contributed by atoms with Crippen LogP contribution in [0.3, 0.4) is 0 Å². The molecule has 2 rings (SSSR count). The third-order valence-corrected chi connectivity index (χ3v) is 3.32. The summed E-state index contributed by atoms with van der Waals surface area (Å²) < 4.78 is 5.33. The zero-order chi connectivity index (χ0) is 14.3. The van der Waals surface area contributed by atoms with Gasteiger partial charge in [0.2, 0.25) is 5.76 Å². The van der Waals surface area contributed by atoms with Crippen molar-refractivity contribution in [3.8, 4) is 0 Å². The van der Waals surface area contributed by atoms with Crippen LogP contribution in [-0.4, -0.2) is 35.9 Å². The molecule has 0 bridgehead atoms. The average molecular weight is 263 g/mol. The fourth-order valence-electron chi connectivity index (χ4n) is 2.44. The van der Waals surface area contributed by atoms with Crippen molar-refractivity contribution in [1.82, 2.24) is 4.90 Å². The van der Waals surface area contributed by atoms with E-state index < -0.39 is 5.97 Å². The highest BCUT2D eigenvalue weighted by Crippen LogP contribution is 2.34. The molecule has 1 aliphatic carbocycles. The van der Waals surface area contributed by atoms with Gasteiger partial charge in [-0.05, 0) is 12.8 Å². The van der Waals surface area contributed by atoms with E-state index in [2.05, 4.69) is 0 Å². The number of carboxylic acids is 1. The number of carbonyl (C=O) groups is 2. The number of Topliss-reactive ketones (excluding diaryl/α,β-unsaturated/α-hetero) is 1. The molecule has 0 saturated carbocycles. The average Bonchev–Trinajstić information content (AvgIpc) is 2.61. The lowest BCUT2D eigenvalue weighted by molar-refractivity contribution is 0.0658. The first-order valence-electron chi connectivity index (χ1n) is 6.11. The highest BCUT2D eigenvalue weighted by atomic mass is 16.4. The van der Waals surface area contributed by atoms with Gasteiger partial charge in [0.1, 0.15) is 5.76 Å². The number of ketones is 1. The predicted octanol–water partition coefficient (Wildman–Crippen LogP) is 2.11. The summed E-state index contributed by atoms with van der Waals surface area (Å²) in [4.78, 5) is 25.4. The number of hydrogen-bond acceptors (Lipinski definition) is 4. The lowest BCUT2D eigenvalue weighted by Crippen LogP contribution is -2.23. The van der Waals surface area contributed by atoms with E-state index in [0.717, 1.165) is 0 Å². The Balaban J connectivity index is 2.56. The molecule has 0 aromatic carbocycles. The van der Waals surface area contributed by atoms with Crippen molar-refractivity contribution in [3.63, 3.8) is 0 Å². The SMILES string of the molecule is Cc1c(C(=O)O)oc2c1C(=O)C(=CN(C)C)C(C)C2. The Morgan fingerprint density at radius 2 is 2.11 bits per heavy atom. The third-order valence-electron chi connectivity index (χ3n) is 3.32. The first kappa shape index (κ1) is 13.4. The Morgan fingerprint density at radius 1 is 1.47 bits per heavy atom. The van der Waals surface area contributed by atoms with Crippen LogP contribution >= 0.6 is 0 Å². The van der Waals surface area contributed by atoms with Crippen LogP contribution in [0.5, 0.6) is 0 Å². The minimum Gasteiger partial charge on any atom is -0.475 e. The summed E-state index contributed by atoms with van der Waals surface area (Å²) in [5.74, 6) is -0.878. The van der Waals surface area contributed by atoms with Gasteiger partial charge in [-0.15, -0.1) is 0 Å². The van der Waals surface area contributed by atoms with E-state index in [1.165, 1.54) is 0 Å². The molecule has 5 heteroatoms. The lowest BCUT2D eigenvalue weighted by Gasteiger charge is -2.22. The molecule has 0 radical (unpaired) electrons. The van der Waals surface area contributed by atoms with Gasteiger partial charge in [0.15, 0.2) is 5.78 Å². The standard InChI is InChI=1S/C14H17NO4/c1-7-5-10-11(8(2)13(19-10)14(17)18)12(16)9(7)6-15(3)4/h6-7H,5H2,1-4H3,(H,17,18). The zero-order valence-corrected chi connectivity index (χ0v) is 11.5. The van der Waals surface area contributed by atoms with E-state index in [4.69, 9.17) is 9.52 Å². The summed E-state index contributed by atoms with van der Waals surface area (Å²) in [7, 11) is 3.71. The molecule has 1 N–H and O–H groups in total. The highest BCUT2D eigenvalue weighted by Gasteiger charge is 2.35. The largest absolute Gasteiger partial charge is 0.475 e. The first-order chi connectivity index (χ1) is 8.82. The summed E-state index contributed by atoms with van der Waals surface area (Å²) >= 11 is 0. The van der Waals surface area contributed by atoms with E-state index in [-0.39, 0.29) is 17.5 Å². The van der Waals surface area contributed by atoms with Gasteiger partial charge >= 0.3 is 5.97 Å². The van der Waals surface area contributed by atoms with Crippen LogP contribution < -0.4 is 0 Å². The van der Waals surface area contributed by atoms with E-state index in [9.17, 15) is 9.59 Å². The summed E-state index contributed by atoms with van der Waals surface area (Å²) in [6, 6.07) is 0. The summed E-state index contributed by atoms with van der Waals surface area (Å²) in [5.41, 5.74) is 1.53. The molecule has 1 aromatic rings. The second-order valence-electron chi connectivity index (χ2n) is 5.14. The van der Waals surface area contributed by atoms with Gasteiger partial charge in [0.05, 0.1) is 5.56 Å². The van der Waals surface area contributed by atoms with Crippen molar-refractivity contribution in [2.24, 2.45) is 5.92 Å². The zero-order valence-electron chi connectivity index (χ0n) is 11.5. The van der Waals surface area contributed by atoms with Gasteiger partial charge in [-0.25, -0.2) is 4.79 Å². The van der Waals surface area contributed by atoms with Crippen molar-refractivity contribution in [2.75, 3.05) is 14.1 Å². The van der Waals surface area contributed by atoms with Crippen LogP contribution in [0.15, 0.2) is 16.2 Å². The molecule has 1 heterocycles. The van der Waals surface area contributed by atoms with Crippen molar-refractivity contribution >= 4 is 11.8 Å². The molecule has 0 aliphatic heterocycles. The van der Waals surface area contributed by atoms with E-state index in [1.54, 1.807) is 13.1 Å². The number of carbonyl (C=O) groups excluding carboxylic acids is 1. The highest BCUT2D eigenvalue weighted by molar-refractivity contribution is 6.12. The Kier molecular flexibility index (Phi) is 3.22. The number of allylic oxidation sites excluding steroid dienone is 1. The number of aromatic carboxylic acids is 1. The monoisotopic (exact) mass is 263 g/mol. The molecular formula is C14H17NO4. The van der Waals surface area contributed by atoms with Gasteiger partial charge in [0.25, 0.3) is 0 Å². The summed E-state index contributed by atoms with van der Waals surface area (Å²) in [6.07, 6.45) is 2.34. The Bertz CT molecular complexity index is 581. The molecule has 0 saturated heterocycles. The number of carboxylic acid groups (broad SMARTS) is 1. The number of hydrogen-bond donors (Lipinski definition) is 1. The van der Waals surface area contributed by atoms with Crippen molar-refractivity contribution in [1.29, 1.82) is 0 Å². The number of rotatable bonds is 2. The lowest BCUT2D eigenvalue weighted by atomic mass is 9.82. The minimum atomic E-state index is -1.13. The maximum atomic E-state index is 12.5. The van der Waals surface area contributed by atoms with Gasteiger partial charge in [-0.2, -0.15) is 0 Å². The number of nitrogens with zero attached hydrogens (tertiary/aromatic N) is 1. The van der Waals surface area contributed by atoms with Crippen LogP contribution in [0.1, 0.15) is 39.2 Å². The number of furan rings is 1. The van der Waals surface area contributed by atoms with Gasteiger partial charge in [-0.3, -0.25) is 4.79 Å². The van der Waals surface area contributed by atoms with Gasteiger partial charge in [-0.1, -0.05) is 6.92 Å². The molecule has 102 valence electrons. The van der Waals surface area contributed by atoms with Crippen molar-refractivity contribution in [2.45, 2.75) is 20.3 Å². The quantitative estimate of drug-likeness (QED) is 0.827. The van der Waals surface area contributed by atoms with Crippen molar-refractivity contribution in [3.05, 3.63) is 34.4 Å². The molecule has 1 aliphatic rings. The van der Waals surface area contributed by atoms with Crippen LogP contribution in [0, 0.1) is 12.8 Å². The predicted molar refractivity (Wildman–Crippen MR) is 69.4 cm³/mol. The summed E-state index contributed by atoms with van der Waals surface area (Å²) in [6.45, 7) is 3.56. The maximum absolute atomic E-state index is 12.5. The number of fused-ring (bicyclic) bond motifs is 1. The molecule has 0 fully saturated rings. The summed E-state index contributed by atoms with van der Waals surface area (Å²) in [5, 5.41) is 9.05. The fraction of sp³-hybridized carbons (Fsp3) is 0.429.